The van der Waals surface area contributed by atoms with Crippen LogP contribution >= 0.6 is 0 Å². The third kappa shape index (κ3) is 13.3. The Morgan fingerprint density at radius 1 is 0.654 bits per heavy atom. The van der Waals surface area contributed by atoms with E-state index in [0.29, 0.717) is 0 Å². The van der Waals surface area contributed by atoms with Gasteiger partial charge in [0.15, 0.2) is 0 Å². The summed E-state index contributed by atoms with van der Waals surface area (Å²) in [5, 5.41) is 24.1. The van der Waals surface area contributed by atoms with E-state index < -0.39 is 0 Å². The lowest BCUT2D eigenvalue weighted by Gasteiger charge is -2.30. The summed E-state index contributed by atoms with van der Waals surface area (Å²) in [5.41, 5.74) is 1.61. The van der Waals surface area contributed by atoms with Crippen LogP contribution in [0.15, 0.2) is 24.3 Å². The van der Waals surface area contributed by atoms with Gasteiger partial charge in [-0.3, -0.25) is 10.6 Å². The van der Waals surface area contributed by atoms with Crippen molar-refractivity contribution in [3.63, 3.8) is 0 Å². The molecule has 1 aromatic rings. The Bertz CT molecular complexity index is 358. The van der Waals surface area contributed by atoms with Crippen molar-refractivity contribution in [1.29, 1.82) is 0 Å². The van der Waals surface area contributed by atoms with Crippen molar-refractivity contribution in [2.45, 2.75) is 94.2 Å². The van der Waals surface area contributed by atoms with Crippen molar-refractivity contribution >= 4 is 0 Å². The SMILES string of the molecule is CC.CC.CC.CC.CC(C)(NCO)c1cccc(C(C)(C)NCO)c1. The topological polar surface area (TPSA) is 64.5 Å². The van der Waals surface area contributed by atoms with Crippen molar-refractivity contribution in [2.75, 3.05) is 13.5 Å². The molecule has 0 radical (unpaired) electrons. The van der Waals surface area contributed by atoms with Crippen LogP contribution in [0.25, 0.3) is 0 Å². The van der Waals surface area contributed by atoms with E-state index in [9.17, 15) is 0 Å². The summed E-state index contributed by atoms with van der Waals surface area (Å²) >= 11 is 0. The zero-order valence-corrected chi connectivity index (χ0v) is 19.6. The van der Waals surface area contributed by atoms with Gasteiger partial charge in [-0.15, -0.1) is 0 Å². The zero-order valence-electron chi connectivity index (χ0n) is 19.6. The molecule has 0 aromatic heterocycles. The molecule has 0 amide bonds. The standard InChI is InChI=1S/C14H24N2O2.4C2H6/c1-13(2,15-9-17)11-6-5-7-12(8-11)14(3,4)16-10-18;4*1-2/h5-8,15-18H,9-10H2,1-4H3;4*1-2H3. The van der Waals surface area contributed by atoms with E-state index in [1.54, 1.807) is 0 Å². The lowest BCUT2D eigenvalue weighted by molar-refractivity contribution is 0.207. The predicted octanol–water partition coefficient (Wildman–Crippen LogP) is 5.34. The van der Waals surface area contributed by atoms with Crippen molar-refractivity contribution in [3.05, 3.63) is 35.4 Å². The van der Waals surface area contributed by atoms with E-state index in [4.69, 9.17) is 10.2 Å². The van der Waals surface area contributed by atoms with Gasteiger partial charge in [-0.1, -0.05) is 79.7 Å². The van der Waals surface area contributed by atoms with E-state index >= 15 is 0 Å². The Balaban J connectivity index is -0.000000266. The number of rotatable bonds is 6. The average Bonchev–Trinajstić information content (AvgIpc) is 2.68. The highest BCUT2D eigenvalue weighted by molar-refractivity contribution is 5.32. The van der Waals surface area contributed by atoms with E-state index in [1.807, 2.05) is 101 Å². The molecule has 0 aliphatic heterocycles. The quantitative estimate of drug-likeness (QED) is 0.509. The Morgan fingerprint density at radius 2 is 0.923 bits per heavy atom. The van der Waals surface area contributed by atoms with Gasteiger partial charge < -0.3 is 10.2 Å². The molecule has 0 spiro atoms. The van der Waals surface area contributed by atoms with Gasteiger partial charge in [0.05, 0.1) is 13.5 Å². The average molecular weight is 373 g/mol. The first-order valence-corrected chi connectivity index (χ1v) is 10.2. The van der Waals surface area contributed by atoms with Crippen molar-refractivity contribution < 1.29 is 10.2 Å². The summed E-state index contributed by atoms with van der Waals surface area (Å²) in [5.74, 6) is 0. The predicted molar refractivity (Wildman–Crippen MR) is 118 cm³/mol. The summed E-state index contributed by atoms with van der Waals surface area (Å²) in [4.78, 5) is 0. The number of nitrogens with one attached hydrogen (secondary N) is 2. The molecule has 158 valence electrons. The van der Waals surface area contributed by atoms with Crippen LogP contribution < -0.4 is 10.6 Å². The second-order valence-corrected chi connectivity index (χ2v) is 5.50. The van der Waals surface area contributed by atoms with Gasteiger partial charge in [-0.25, -0.2) is 0 Å². The molecule has 1 rings (SSSR count). The van der Waals surface area contributed by atoms with Crippen molar-refractivity contribution in [1.82, 2.24) is 10.6 Å². The Kier molecular flexibility index (Phi) is 25.6. The minimum atomic E-state index is -0.292. The molecule has 4 nitrogen and oxygen atoms in total. The smallest absolute Gasteiger partial charge is 0.0938 e. The first kappa shape index (κ1) is 32.7. The third-order valence-corrected chi connectivity index (χ3v) is 3.35. The van der Waals surface area contributed by atoms with E-state index in [2.05, 4.69) is 16.7 Å². The molecule has 0 aliphatic rings. The summed E-state index contributed by atoms with van der Waals surface area (Å²) in [6, 6.07) is 8.14. The highest BCUT2D eigenvalue weighted by Gasteiger charge is 2.23. The number of aliphatic hydroxyl groups is 2. The highest BCUT2D eigenvalue weighted by atomic mass is 16.3. The maximum atomic E-state index is 9.02. The number of benzene rings is 1. The van der Waals surface area contributed by atoms with Gasteiger partial charge >= 0.3 is 0 Å². The molecule has 26 heavy (non-hydrogen) atoms. The molecule has 0 atom stereocenters. The summed E-state index contributed by atoms with van der Waals surface area (Å²) in [6.07, 6.45) is 0. The van der Waals surface area contributed by atoms with Gasteiger partial charge in [0.25, 0.3) is 0 Å². The van der Waals surface area contributed by atoms with E-state index in [0.717, 1.165) is 11.1 Å². The molecule has 0 fully saturated rings. The summed E-state index contributed by atoms with van der Waals surface area (Å²) < 4.78 is 0. The van der Waals surface area contributed by atoms with Crippen LogP contribution in [-0.2, 0) is 11.1 Å². The van der Waals surface area contributed by atoms with Gasteiger partial charge in [-0.2, -0.15) is 0 Å². The fourth-order valence-corrected chi connectivity index (χ4v) is 1.90. The van der Waals surface area contributed by atoms with E-state index in [1.165, 1.54) is 0 Å². The molecule has 1 aromatic carbocycles. The van der Waals surface area contributed by atoms with Crippen LogP contribution in [0.2, 0.25) is 0 Å². The van der Waals surface area contributed by atoms with Gasteiger partial charge in [0.1, 0.15) is 0 Å². The molecule has 0 saturated carbocycles. The first-order valence-electron chi connectivity index (χ1n) is 10.2. The van der Waals surface area contributed by atoms with E-state index in [-0.39, 0.29) is 24.5 Å². The Labute approximate surface area is 164 Å². The van der Waals surface area contributed by atoms with Crippen LogP contribution in [0.5, 0.6) is 0 Å². The van der Waals surface area contributed by atoms with Gasteiger partial charge in [0, 0.05) is 11.1 Å². The molecule has 0 saturated heterocycles. The number of hydrogen-bond acceptors (Lipinski definition) is 4. The van der Waals surface area contributed by atoms with Crippen molar-refractivity contribution in [3.8, 4) is 0 Å². The van der Waals surface area contributed by atoms with Crippen LogP contribution in [-0.4, -0.2) is 23.7 Å². The molecular weight excluding hydrogens is 324 g/mol. The largest absolute Gasteiger partial charge is 0.381 e. The van der Waals surface area contributed by atoms with Crippen molar-refractivity contribution in [2.24, 2.45) is 0 Å². The Morgan fingerprint density at radius 3 is 1.15 bits per heavy atom. The fourth-order valence-electron chi connectivity index (χ4n) is 1.90. The molecule has 0 bridgehead atoms. The number of aliphatic hydroxyl groups excluding tert-OH is 2. The zero-order chi connectivity index (χ0) is 21.8. The molecule has 4 N–H and O–H groups in total. The highest BCUT2D eigenvalue weighted by Crippen LogP contribution is 2.26. The molecule has 0 aliphatic carbocycles. The van der Waals surface area contributed by atoms with Crippen LogP contribution in [0.1, 0.15) is 94.2 Å². The first-order chi connectivity index (χ1) is 12.3. The Hall–Kier alpha value is -0.940. The number of hydrogen-bond donors (Lipinski definition) is 4. The normalized spacial score (nSPS) is 9.77. The van der Waals surface area contributed by atoms with Gasteiger partial charge in [0.2, 0.25) is 0 Å². The van der Waals surface area contributed by atoms with Crippen LogP contribution in [0.3, 0.4) is 0 Å². The maximum absolute atomic E-state index is 9.02. The molecular formula is C22H48N2O2. The molecule has 0 heterocycles. The second-order valence-electron chi connectivity index (χ2n) is 5.50. The molecule has 0 unspecified atom stereocenters. The third-order valence-electron chi connectivity index (χ3n) is 3.35. The van der Waals surface area contributed by atoms with Gasteiger partial charge in [-0.05, 0) is 38.8 Å². The fraction of sp³-hybridized carbons (Fsp3) is 0.727. The minimum Gasteiger partial charge on any atom is -0.381 e. The van der Waals surface area contributed by atoms with Crippen LogP contribution in [0.4, 0.5) is 0 Å². The lowest BCUT2D eigenvalue weighted by atomic mass is 9.87. The summed E-state index contributed by atoms with van der Waals surface area (Å²) in [6.45, 7) is 24.0. The lowest BCUT2D eigenvalue weighted by Crippen LogP contribution is -2.39. The monoisotopic (exact) mass is 372 g/mol. The molecule has 4 heteroatoms. The maximum Gasteiger partial charge on any atom is 0.0938 e. The second kappa shape index (κ2) is 20.4. The van der Waals surface area contributed by atoms with Crippen LogP contribution in [0, 0.1) is 0 Å². The minimum absolute atomic E-state index is 0.0600. The summed E-state index contributed by atoms with van der Waals surface area (Å²) in [7, 11) is 0.